The Bertz CT molecular complexity index is 2040. The molecule has 29 heteroatoms. The first-order valence-corrected chi connectivity index (χ1v) is 20.0. The number of nitrogens with one attached hydrogen (secondary N) is 3. The van der Waals surface area contributed by atoms with Crippen LogP contribution in [0.2, 0.25) is 0 Å². The van der Waals surface area contributed by atoms with E-state index in [1.54, 1.807) is 18.2 Å². The number of ether oxygens (including phenoxy) is 7. The van der Waals surface area contributed by atoms with E-state index in [2.05, 4.69) is 36.2 Å². The summed E-state index contributed by atoms with van der Waals surface area (Å²) in [6, 6.07) is 3.09. The maximum Gasteiger partial charge on any atom is 1.00 e. The minimum absolute atomic E-state index is 0. The fraction of sp³-hybridized carbons (Fsp3) is 0.676. The Kier molecular flexibility index (Phi) is 20.1. The van der Waals surface area contributed by atoms with Gasteiger partial charge in [0.1, 0.15) is 72.7 Å². The third-order valence-corrected chi connectivity index (χ3v) is 10.7. The number of aliphatic carboxylic acids is 1. The van der Waals surface area contributed by atoms with Gasteiger partial charge in [-0.2, -0.15) is 0 Å². The van der Waals surface area contributed by atoms with Crippen molar-refractivity contribution < 1.29 is 128 Å². The fourth-order valence-electron chi connectivity index (χ4n) is 7.49. The zero-order chi connectivity index (χ0) is 47.7. The van der Waals surface area contributed by atoms with Crippen LogP contribution < -0.4 is 55.4 Å². The molecule has 3 amide bonds. The Labute approximate surface area is 396 Å². The third-order valence-electron chi connectivity index (χ3n) is 10.7. The number of carboxylic acids is 1. The summed E-state index contributed by atoms with van der Waals surface area (Å²) in [5, 5.41) is 120. The summed E-state index contributed by atoms with van der Waals surface area (Å²) in [6.45, 7) is -1.01. The third kappa shape index (κ3) is 12.7. The molecule has 3 aliphatic rings. The molecule has 0 radical (unpaired) electrons. The van der Waals surface area contributed by atoms with Crippen LogP contribution in [0.1, 0.15) is 30.8 Å². The summed E-state index contributed by atoms with van der Waals surface area (Å²) >= 11 is 0. The quantitative estimate of drug-likeness (QED) is 0.0205. The van der Waals surface area contributed by atoms with E-state index in [0.29, 0.717) is 16.7 Å². The van der Waals surface area contributed by atoms with E-state index >= 15 is 0 Å². The van der Waals surface area contributed by atoms with Gasteiger partial charge in [0.05, 0.1) is 50.7 Å². The van der Waals surface area contributed by atoms with Crippen LogP contribution in [-0.2, 0) is 42.8 Å². The van der Waals surface area contributed by atoms with E-state index in [4.69, 9.17) is 38.7 Å². The number of aliphatic hydroxyl groups excluding tert-OH is 8. The van der Waals surface area contributed by atoms with Crippen LogP contribution in [0.3, 0.4) is 0 Å². The molecular formula is C37H51N8NaO20. The smallest absolute Gasteiger partial charge is 0.544 e. The number of hydrogen-bond acceptors (Lipinski definition) is 23. The van der Waals surface area contributed by atoms with Gasteiger partial charge in [0.25, 0.3) is 5.91 Å². The van der Waals surface area contributed by atoms with Gasteiger partial charge in [-0.25, -0.2) is 0 Å². The van der Waals surface area contributed by atoms with Gasteiger partial charge in [-0.1, -0.05) is 5.11 Å². The molecule has 4 heterocycles. The molecule has 1 aromatic carbocycles. The van der Waals surface area contributed by atoms with Crippen molar-refractivity contribution in [3.8, 4) is 5.75 Å². The molecule has 0 saturated carbocycles. The van der Waals surface area contributed by atoms with Gasteiger partial charge in [-0.15, -0.1) is 10.2 Å². The van der Waals surface area contributed by atoms with Gasteiger partial charge in [0.2, 0.25) is 17.6 Å². The maximum absolute atomic E-state index is 13.0. The molecule has 28 nitrogen and oxygen atoms in total. The van der Waals surface area contributed by atoms with E-state index in [0.717, 1.165) is 13.8 Å². The molecule has 3 saturated heterocycles. The number of hydrogen-bond donors (Lipinski definition) is 11. The van der Waals surface area contributed by atoms with Gasteiger partial charge in [-0.05, 0) is 23.7 Å². The summed E-state index contributed by atoms with van der Waals surface area (Å²) in [5.41, 5.74) is 8.76. The van der Waals surface area contributed by atoms with Crippen LogP contribution in [0.4, 0.5) is 0 Å². The van der Waals surface area contributed by atoms with E-state index in [9.17, 15) is 65.1 Å². The average Bonchev–Trinajstić information content (AvgIpc) is 3.27. The SMILES string of the molecule is COc1ccc2cc(C(=O)NC[C@@H](O)[C@@H](O)[C@@H]3O[C@@](O[C@H]4[C@@H](O)[C@@H](CO)O[C@@H](O[C@H]5[C@H](O)[C@@H](NC(C)=O)[C@H](OCCN=[N+]=[N-])O[C@@H]5CO)[C@@H]4O)(C(=O)[O-])C[C@H](O)[C@H]3NC(C)=O)nnc2c1.[Na+]. The molecule has 16 atom stereocenters. The topological polar surface area (TPSA) is 428 Å². The molecule has 0 bridgehead atoms. The van der Waals surface area contributed by atoms with Crippen LogP contribution in [-0.4, -0.2) is 212 Å². The molecule has 3 fully saturated rings. The Morgan fingerprint density at radius 2 is 1.62 bits per heavy atom. The van der Waals surface area contributed by atoms with Crippen LogP contribution in [0, 0.1) is 0 Å². The maximum atomic E-state index is 13.0. The number of aromatic nitrogens is 2. The minimum Gasteiger partial charge on any atom is -0.544 e. The van der Waals surface area contributed by atoms with Crippen LogP contribution in [0.15, 0.2) is 29.4 Å². The van der Waals surface area contributed by atoms with Crippen LogP contribution in [0.5, 0.6) is 5.75 Å². The Morgan fingerprint density at radius 1 is 0.955 bits per heavy atom. The standard InChI is InChI=1S/C37H52N8O20.Na/c1-14(48)41-24-20(50)10-37(36(57)58,64-31(24)26(52)21(51)11-39-33(56)19-8-16-4-5-17(59-3)9-18(16)43-44-19)65-32-27(53)22(12-46)61-35(29(32)55)63-30-23(13-47)62-34(60-7-6-40-45-38)25(28(30)54)42-15(2)49;/h4-5,8-9,20-32,34-35,46-47,50-55H,6-7,10-13H2,1-3H3,(H,39,56)(H,41,48)(H,42,49)(H,57,58);/q;+1/p-1/t20-,21+,22+,23+,24+,25+,26+,27-,28+,29+,30+,31+,32-,34+,35-,37-;/m0./s1. The van der Waals surface area contributed by atoms with Crippen molar-refractivity contribution in [3.63, 3.8) is 0 Å². The molecule has 1 aromatic heterocycles. The molecule has 0 aliphatic carbocycles. The van der Waals surface area contributed by atoms with Crippen molar-refractivity contribution in [2.45, 2.75) is 118 Å². The second kappa shape index (κ2) is 24.3. The van der Waals surface area contributed by atoms with E-state index in [-0.39, 0.29) is 48.4 Å². The van der Waals surface area contributed by atoms with Crippen molar-refractivity contribution >= 4 is 34.6 Å². The van der Waals surface area contributed by atoms with Gasteiger partial charge >= 0.3 is 29.6 Å². The first-order valence-electron chi connectivity index (χ1n) is 20.0. The number of carbonyl (C=O) groups excluding carboxylic acids is 4. The summed E-state index contributed by atoms with van der Waals surface area (Å²) in [5.74, 6) is -7.40. The first-order chi connectivity index (χ1) is 30.9. The van der Waals surface area contributed by atoms with E-state index < -0.39 is 147 Å². The Hall–Kier alpha value is -4.01. The molecule has 0 unspecified atom stereocenters. The number of methoxy groups -OCH3 is 1. The van der Waals surface area contributed by atoms with Crippen molar-refractivity contribution in [1.29, 1.82) is 0 Å². The molecule has 360 valence electrons. The zero-order valence-corrected chi connectivity index (χ0v) is 37.9. The molecule has 11 N–H and O–H groups in total. The van der Waals surface area contributed by atoms with Crippen LogP contribution >= 0.6 is 0 Å². The summed E-state index contributed by atoms with van der Waals surface area (Å²) < 4.78 is 39.2. The largest absolute Gasteiger partial charge is 1.00 e. The molecular weight excluding hydrogens is 899 g/mol. The number of amides is 3. The zero-order valence-electron chi connectivity index (χ0n) is 35.9. The number of nitrogens with zero attached hydrogens (tertiary/aromatic N) is 5. The van der Waals surface area contributed by atoms with Gasteiger partial charge in [0, 0.05) is 49.7 Å². The first kappa shape index (κ1) is 54.6. The second-order valence-corrected chi connectivity index (χ2v) is 15.2. The second-order valence-electron chi connectivity index (χ2n) is 15.2. The van der Waals surface area contributed by atoms with Gasteiger partial charge < -0.3 is 99.9 Å². The number of benzene rings is 1. The molecule has 3 aliphatic heterocycles. The monoisotopic (exact) mass is 950 g/mol. The molecule has 66 heavy (non-hydrogen) atoms. The average molecular weight is 951 g/mol. The van der Waals surface area contributed by atoms with E-state index in [1.165, 1.54) is 13.2 Å². The summed E-state index contributed by atoms with van der Waals surface area (Å²) in [4.78, 5) is 52.9. The molecule has 0 spiro atoms. The summed E-state index contributed by atoms with van der Waals surface area (Å²) in [6.07, 6.45) is -26.5. The fourth-order valence-corrected chi connectivity index (χ4v) is 7.49. The van der Waals surface area contributed by atoms with Gasteiger partial charge in [0.15, 0.2) is 18.3 Å². The number of carbonyl (C=O) groups is 4. The number of aliphatic hydroxyl groups is 8. The van der Waals surface area contributed by atoms with E-state index in [1.807, 2.05) is 0 Å². The predicted octanol–water partition coefficient (Wildman–Crippen LogP) is -9.69. The number of carboxylic acid groups (broad SMARTS) is 1. The Morgan fingerprint density at radius 3 is 2.24 bits per heavy atom. The predicted molar refractivity (Wildman–Crippen MR) is 208 cm³/mol. The van der Waals surface area contributed by atoms with Crippen molar-refractivity contribution in [1.82, 2.24) is 26.1 Å². The Balaban J connectivity index is 0.00000952. The normalized spacial score (nSPS) is 33.0. The van der Waals surface area contributed by atoms with Crippen molar-refractivity contribution in [2.75, 3.05) is 40.0 Å². The van der Waals surface area contributed by atoms with Gasteiger partial charge in [-0.3, -0.25) is 14.4 Å². The number of rotatable bonds is 19. The number of azide groups is 1. The van der Waals surface area contributed by atoms with Crippen LogP contribution in [0.25, 0.3) is 21.3 Å². The number of fused-ring (bicyclic) bond motifs is 1. The van der Waals surface area contributed by atoms with Crippen molar-refractivity contribution in [3.05, 3.63) is 40.4 Å². The minimum atomic E-state index is -3.25. The summed E-state index contributed by atoms with van der Waals surface area (Å²) in [7, 11) is 1.45. The molecule has 5 rings (SSSR count). The van der Waals surface area contributed by atoms with Crippen molar-refractivity contribution in [2.24, 2.45) is 5.11 Å². The molecule has 2 aromatic rings.